The largest absolute Gasteiger partial charge is 0.235 e. The van der Waals surface area contributed by atoms with Gasteiger partial charge in [0.05, 0.1) is 10.0 Å². The number of rotatable bonds is 2. The average Bonchev–Trinajstić information content (AvgIpc) is 2.96. The van der Waals surface area contributed by atoms with Gasteiger partial charge in [-0.3, -0.25) is 0 Å². The molecule has 0 saturated heterocycles. The lowest BCUT2D eigenvalue weighted by Crippen LogP contribution is -2.05. The molecular formula is C10H6BrF2NO. The van der Waals surface area contributed by atoms with Crippen molar-refractivity contribution in [1.82, 2.24) is 0 Å². The van der Waals surface area contributed by atoms with E-state index in [1.165, 1.54) is 12.1 Å². The minimum absolute atomic E-state index is 0.0407. The molecular weight excluding hydrogens is 268 g/mol. The molecule has 1 aliphatic carbocycles. The Labute approximate surface area is 93.1 Å². The summed E-state index contributed by atoms with van der Waals surface area (Å²) in [6.07, 6.45) is 2.79. The molecule has 0 spiro atoms. The van der Waals surface area contributed by atoms with Gasteiger partial charge in [-0.15, -0.1) is 0 Å². The van der Waals surface area contributed by atoms with E-state index in [9.17, 15) is 13.6 Å². The average molecular weight is 274 g/mol. The maximum atomic E-state index is 13.2. The highest BCUT2D eigenvalue weighted by Gasteiger charge is 2.46. The zero-order valence-electron chi connectivity index (χ0n) is 7.56. The van der Waals surface area contributed by atoms with Crippen LogP contribution >= 0.6 is 15.9 Å². The molecule has 78 valence electrons. The second-order valence-electron chi connectivity index (χ2n) is 3.46. The molecule has 0 unspecified atom stereocenters. The van der Waals surface area contributed by atoms with Crippen LogP contribution in [0.15, 0.2) is 21.6 Å². The summed E-state index contributed by atoms with van der Waals surface area (Å²) in [5, 5.41) is 0. The molecule has 0 amide bonds. The summed E-state index contributed by atoms with van der Waals surface area (Å²) in [5.41, 5.74) is -0.181. The molecule has 0 aromatic heterocycles. The van der Waals surface area contributed by atoms with Crippen LogP contribution in [0, 0.1) is 11.6 Å². The van der Waals surface area contributed by atoms with Crippen molar-refractivity contribution in [3.63, 3.8) is 0 Å². The fraction of sp³-hybridized carbons (Fsp3) is 0.300. The van der Waals surface area contributed by atoms with E-state index in [2.05, 4.69) is 20.9 Å². The normalized spacial score (nSPS) is 17.0. The van der Waals surface area contributed by atoms with Gasteiger partial charge in [-0.1, -0.05) is 6.07 Å². The van der Waals surface area contributed by atoms with Gasteiger partial charge in [-0.25, -0.2) is 13.6 Å². The Balaban J connectivity index is 2.55. The fourth-order valence-electron chi connectivity index (χ4n) is 1.53. The molecule has 0 radical (unpaired) electrons. The van der Waals surface area contributed by atoms with Crippen LogP contribution in [-0.4, -0.2) is 6.08 Å². The number of isocyanates is 1. The van der Waals surface area contributed by atoms with Gasteiger partial charge < -0.3 is 0 Å². The first kappa shape index (κ1) is 10.5. The molecule has 0 atom stereocenters. The summed E-state index contributed by atoms with van der Waals surface area (Å²) < 4.78 is 26.1. The molecule has 1 aromatic rings. The minimum Gasteiger partial charge on any atom is -0.211 e. The van der Waals surface area contributed by atoms with Gasteiger partial charge in [0.1, 0.15) is 0 Å². The molecule has 0 bridgehead atoms. The molecule has 0 aliphatic heterocycles. The molecule has 5 heteroatoms. The minimum atomic E-state index is -0.945. The van der Waals surface area contributed by atoms with E-state index >= 15 is 0 Å². The summed E-state index contributed by atoms with van der Waals surface area (Å²) in [5.74, 6) is -1.86. The molecule has 2 nitrogen and oxygen atoms in total. The highest BCUT2D eigenvalue weighted by molar-refractivity contribution is 9.10. The molecule has 1 fully saturated rings. The van der Waals surface area contributed by atoms with E-state index in [1.54, 1.807) is 0 Å². The highest BCUT2D eigenvalue weighted by Crippen LogP contribution is 2.51. The Morgan fingerprint density at radius 2 is 2.07 bits per heavy atom. The summed E-state index contributed by atoms with van der Waals surface area (Å²) >= 11 is 2.97. The summed E-state index contributed by atoms with van der Waals surface area (Å²) in [6.45, 7) is 0. The predicted octanol–water partition coefficient (Wildman–Crippen LogP) is 3.05. The summed E-state index contributed by atoms with van der Waals surface area (Å²) in [7, 11) is 0. The molecule has 1 saturated carbocycles. The van der Waals surface area contributed by atoms with Crippen LogP contribution in [0.2, 0.25) is 0 Å². The van der Waals surface area contributed by atoms with Crippen LogP contribution in [0.3, 0.4) is 0 Å². The smallest absolute Gasteiger partial charge is 0.211 e. The number of benzene rings is 1. The van der Waals surface area contributed by atoms with E-state index in [4.69, 9.17) is 0 Å². The lowest BCUT2D eigenvalue weighted by molar-refractivity contribution is 0.499. The fourth-order valence-corrected chi connectivity index (χ4v) is 2.22. The van der Waals surface area contributed by atoms with Crippen molar-refractivity contribution in [2.75, 3.05) is 0 Å². The van der Waals surface area contributed by atoms with E-state index in [0.29, 0.717) is 18.4 Å². The van der Waals surface area contributed by atoms with E-state index in [0.717, 1.165) is 6.07 Å². The van der Waals surface area contributed by atoms with Crippen LogP contribution < -0.4 is 0 Å². The first-order valence-corrected chi connectivity index (χ1v) is 5.13. The molecule has 2 rings (SSSR count). The Morgan fingerprint density at radius 1 is 1.40 bits per heavy atom. The van der Waals surface area contributed by atoms with Crippen LogP contribution in [0.25, 0.3) is 0 Å². The van der Waals surface area contributed by atoms with Crippen LogP contribution in [0.1, 0.15) is 18.4 Å². The van der Waals surface area contributed by atoms with Crippen LogP contribution in [0.5, 0.6) is 0 Å². The standard InChI is InChI=1S/C10H6BrF2NO/c11-8-6(1-2-7(12)9(8)13)10(3-4-10)14-5-15/h1-2H,3-4H2. The van der Waals surface area contributed by atoms with E-state index < -0.39 is 17.2 Å². The van der Waals surface area contributed by atoms with Crippen LogP contribution in [-0.2, 0) is 10.3 Å². The van der Waals surface area contributed by atoms with Crippen molar-refractivity contribution in [3.8, 4) is 0 Å². The van der Waals surface area contributed by atoms with Crippen molar-refractivity contribution < 1.29 is 13.6 Å². The zero-order chi connectivity index (χ0) is 11.1. The molecule has 1 aromatic carbocycles. The first-order chi connectivity index (χ1) is 7.10. The Kier molecular flexibility index (Phi) is 2.44. The number of halogens is 3. The summed E-state index contributed by atoms with van der Waals surface area (Å²) in [4.78, 5) is 13.9. The monoisotopic (exact) mass is 273 g/mol. The Hall–Kier alpha value is -1.06. The van der Waals surface area contributed by atoms with Gasteiger partial charge >= 0.3 is 0 Å². The first-order valence-electron chi connectivity index (χ1n) is 4.34. The lowest BCUT2D eigenvalue weighted by Gasteiger charge is -2.11. The van der Waals surface area contributed by atoms with Gasteiger partial charge in [-0.05, 0) is 40.4 Å². The molecule has 0 heterocycles. The third-order valence-corrected chi connectivity index (χ3v) is 3.30. The third kappa shape index (κ3) is 1.62. The number of carbonyl (C=O) groups excluding carboxylic acids is 1. The van der Waals surface area contributed by atoms with Crippen molar-refractivity contribution in [3.05, 3.63) is 33.8 Å². The number of nitrogens with zero attached hydrogens (tertiary/aromatic N) is 1. The lowest BCUT2D eigenvalue weighted by atomic mass is 10.1. The molecule has 15 heavy (non-hydrogen) atoms. The highest BCUT2D eigenvalue weighted by atomic mass is 79.9. The quantitative estimate of drug-likeness (QED) is 0.463. The van der Waals surface area contributed by atoms with Crippen molar-refractivity contribution in [2.24, 2.45) is 4.99 Å². The SMILES string of the molecule is O=C=NC1(c2ccc(F)c(F)c2Br)CC1. The third-order valence-electron chi connectivity index (χ3n) is 2.52. The second-order valence-corrected chi connectivity index (χ2v) is 4.25. The second kappa shape index (κ2) is 3.51. The Morgan fingerprint density at radius 3 is 2.60 bits per heavy atom. The number of aliphatic imine (C=N–C) groups is 1. The topological polar surface area (TPSA) is 29.4 Å². The molecule has 0 N–H and O–H groups in total. The Bertz CT molecular complexity index is 465. The van der Waals surface area contributed by atoms with Crippen LogP contribution in [0.4, 0.5) is 8.78 Å². The maximum absolute atomic E-state index is 13.2. The van der Waals surface area contributed by atoms with Gasteiger partial charge in [0, 0.05) is 0 Å². The van der Waals surface area contributed by atoms with Crippen molar-refractivity contribution in [1.29, 1.82) is 0 Å². The van der Waals surface area contributed by atoms with Gasteiger partial charge in [-0.2, -0.15) is 4.99 Å². The van der Waals surface area contributed by atoms with Crippen molar-refractivity contribution in [2.45, 2.75) is 18.4 Å². The number of hydrogen-bond donors (Lipinski definition) is 0. The van der Waals surface area contributed by atoms with E-state index in [-0.39, 0.29) is 4.47 Å². The zero-order valence-corrected chi connectivity index (χ0v) is 9.14. The van der Waals surface area contributed by atoms with Gasteiger partial charge in [0.2, 0.25) is 6.08 Å². The van der Waals surface area contributed by atoms with Gasteiger partial charge in [0.25, 0.3) is 0 Å². The number of hydrogen-bond acceptors (Lipinski definition) is 2. The van der Waals surface area contributed by atoms with E-state index in [1.807, 2.05) is 0 Å². The van der Waals surface area contributed by atoms with Crippen molar-refractivity contribution >= 4 is 22.0 Å². The predicted molar refractivity (Wildman–Crippen MR) is 53.1 cm³/mol. The molecule has 1 aliphatic rings. The summed E-state index contributed by atoms with van der Waals surface area (Å²) in [6, 6.07) is 2.48. The maximum Gasteiger partial charge on any atom is 0.235 e. The van der Waals surface area contributed by atoms with Gasteiger partial charge in [0.15, 0.2) is 11.6 Å².